The Morgan fingerprint density at radius 2 is 1.92 bits per heavy atom. The highest BCUT2D eigenvalue weighted by Crippen LogP contribution is 2.44. The van der Waals surface area contributed by atoms with Gasteiger partial charge in [0.1, 0.15) is 11.5 Å². The number of phenols is 2. The summed E-state index contributed by atoms with van der Waals surface area (Å²) in [5.41, 5.74) is 2.08. The average Bonchev–Trinajstić information content (AvgIpc) is 2.82. The van der Waals surface area contributed by atoms with Crippen LogP contribution < -0.4 is 10.6 Å². The van der Waals surface area contributed by atoms with E-state index in [9.17, 15) is 20.1 Å². The van der Waals surface area contributed by atoms with Crippen LogP contribution in [0.1, 0.15) is 49.4 Å². The molecule has 1 atom stereocenters. The molecule has 0 bridgehead atoms. The van der Waals surface area contributed by atoms with Gasteiger partial charge in [-0.2, -0.15) is 0 Å². The van der Waals surface area contributed by atoms with Crippen LogP contribution in [0.5, 0.6) is 17.4 Å². The molecule has 5 N–H and O–H groups in total. The van der Waals surface area contributed by atoms with Crippen molar-refractivity contribution in [3.05, 3.63) is 35.0 Å². The van der Waals surface area contributed by atoms with Crippen LogP contribution in [-0.4, -0.2) is 25.9 Å². The van der Waals surface area contributed by atoms with E-state index in [1.807, 2.05) is 20.8 Å². The van der Waals surface area contributed by atoms with E-state index < -0.39 is 12.1 Å². The molecule has 2 heterocycles. The molecule has 2 amide bonds. The number of aromatic hydroxyl groups is 3. The smallest absolute Gasteiger partial charge is 0.320 e. The van der Waals surface area contributed by atoms with Crippen molar-refractivity contribution in [3.63, 3.8) is 0 Å². The van der Waals surface area contributed by atoms with Crippen molar-refractivity contribution in [1.82, 2.24) is 9.88 Å². The Morgan fingerprint density at radius 3 is 2.54 bits per heavy atom. The van der Waals surface area contributed by atoms with Crippen LogP contribution >= 0.6 is 0 Å². The molecule has 1 unspecified atom stereocenters. The van der Waals surface area contributed by atoms with Gasteiger partial charge in [0, 0.05) is 24.4 Å². The number of benzene rings is 1. The third-order valence-electron chi connectivity index (χ3n) is 4.35. The normalized spacial score (nSPS) is 16.7. The first-order valence-electron chi connectivity index (χ1n) is 7.88. The van der Waals surface area contributed by atoms with Crippen LogP contribution in [-0.2, 0) is 6.54 Å². The SMILES string of the molecule is CCn1cc2c(c1O)C(c1cc(C(C)C)c(O)cc1O)NC(=O)N2. The minimum Gasteiger partial charge on any atom is -0.508 e. The van der Waals surface area contributed by atoms with Gasteiger partial charge in [-0.1, -0.05) is 13.8 Å². The highest BCUT2D eigenvalue weighted by molar-refractivity contribution is 5.94. The molecular weight excluding hydrogens is 310 g/mol. The summed E-state index contributed by atoms with van der Waals surface area (Å²) in [4.78, 5) is 12.0. The lowest BCUT2D eigenvalue weighted by molar-refractivity contribution is 0.248. The van der Waals surface area contributed by atoms with Crippen molar-refractivity contribution in [2.24, 2.45) is 0 Å². The second-order valence-corrected chi connectivity index (χ2v) is 6.22. The number of fused-ring (bicyclic) bond motifs is 1. The highest BCUT2D eigenvalue weighted by atomic mass is 16.3. The first-order valence-corrected chi connectivity index (χ1v) is 7.88. The van der Waals surface area contributed by atoms with Crippen LogP contribution in [0.15, 0.2) is 18.3 Å². The van der Waals surface area contributed by atoms with Gasteiger partial charge in [0.05, 0.1) is 17.3 Å². The molecule has 7 nitrogen and oxygen atoms in total. The van der Waals surface area contributed by atoms with Gasteiger partial charge in [-0.25, -0.2) is 4.79 Å². The van der Waals surface area contributed by atoms with E-state index in [1.54, 1.807) is 16.8 Å². The van der Waals surface area contributed by atoms with Crippen molar-refractivity contribution in [3.8, 4) is 17.4 Å². The van der Waals surface area contributed by atoms with E-state index >= 15 is 0 Å². The number of urea groups is 1. The van der Waals surface area contributed by atoms with Gasteiger partial charge in [0.15, 0.2) is 5.88 Å². The van der Waals surface area contributed by atoms with Crippen LogP contribution in [0.2, 0.25) is 0 Å². The van der Waals surface area contributed by atoms with Crippen LogP contribution in [0, 0.1) is 0 Å². The zero-order valence-corrected chi connectivity index (χ0v) is 13.8. The number of nitrogens with one attached hydrogen (secondary N) is 2. The van der Waals surface area contributed by atoms with Gasteiger partial charge in [-0.3, -0.25) is 0 Å². The first-order chi connectivity index (χ1) is 11.3. The monoisotopic (exact) mass is 331 g/mol. The number of rotatable bonds is 3. The molecule has 0 aliphatic carbocycles. The number of carbonyl (C=O) groups excluding carboxylic acids is 1. The number of carbonyl (C=O) groups is 1. The number of aromatic nitrogens is 1. The van der Waals surface area contributed by atoms with Crippen LogP contribution in [0.3, 0.4) is 0 Å². The molecule has 1 aliphatic rings. The molecule has 2 aromatic rings. The Labute approximate surface area is 139 Å². The number of anilines is 1. The lowest BCUT2D eigenvalue weighted by Crippen LogP contribution is -2.37. The predicted octanol–water partition coefficient (Wildman–Crippen LogP) is 2.97. The van der Waals surface area contributed by atoms with Gasteiger partial charge in [0.25, 0.3) is 0 Å². The summed E-state index contributed by atoms with van der Waals surface area (Å²) in [6.07, 6.45) is 1.66. The van der Waals surface area contributed by atoms with Gasteiger partial charge in [-0.05, 0) is 24.5 Å². The summed E-state index contributed by atoms with van der Waals surface area (Å²) in [7, 11) is 0. The summed E-state index contributed by atoms with van der Waals surface area (Å²) in [5, 5.41) is 36.2. The fourth-order valence-electron chi connectivity index (χ4n) is 3.09. The number of phenolic OH excluding ortho intramolecular Hbond substituents is 2. The number of hydrogen-bond acceptors (Lipinski definition) is 4. The Bertz CT molecular complexity index is 811. The maximum atomic E-state index is 12.0. The lowest BCUT2D eigenvalue weighted by atomic mass is 9.92. The Kier molecular flexibility index (Phi) is 3.79. The second-order valence-electron chi connectivity index (χ2n) is 6.22. The average molecular weight is 331 g/mol. The summed E-state index contributed by atoms with van der Waals surface area (Å²) >= 11 is 0. The van der Waals surface area contributed by atoms with Crippen molar-refractivity contribution in [2.75, 3.05) is 5.32 Å². The Morgan fingerprint density at radius 1 is 1.21 bits per heavy atom. The fraction of sp³-hybridized carbons (Fsp3) is 0.353. The topological polar surface area (TPSA) is 107 Å². The fourth-order valence-corrected chi connectivity index (χ4v) is 3.09. The molecule has 0 saturated carbocycles. The summed E-state index contributed by atoms with van der Waals surface area (Å²) in [6, 6.07) is 1.81. The Hall–Kier alpha value is -2.83. The van der Waals surface area contributed by atoms with E-state index in [4.69, 9.17) is 0 Å². The molecule has 0 spiro atoms. The maximum Gasteiger partial charge on any atom is 0.320 e. The van der Waals surface area contributed by atoms with E-state index in [1.165, 1.54) is 6.07 Å². The van der Waals surface area contributed by atoms with E-state index in [2.05, 4.69) is 10.6 Å². The minimum absolute atomic E-state index is 0.00193. The van der Waals surface area contributed by atoms with Gasteiger partial charge in [0.2, 0.25) is 0 Å². The number of aryl methyl sites for hydroxylation is 1. The third kappa shape index (κ3) is 2.42. The highest BCUT2D eigenvalue weighted by Gasteiger charge is 2.33. The quantitative estimate of drug-likeness (QED) is 0.596. The largest absolute Gasteiger partial charge is 0.508 e. The third-order valence-corrected chi connectivity index (χ3v) is 4.35. The van der Waals surface area contributed by atoms with E-state index in [0.29, 0.717) is 28.9 Å². The number of amides is 2. The Balaban J connectivity index is 2.19. The lowest BCUT2D eigenvalue weighted by Gasteiger charge is -2.26. The molecule has 128 valence electrons. The summed E-state index contributed by atoms with van der Waals surface area (Å²) in [5.74, 6) is -0.0700. The number of hydrogen-bond donors (Lipinski definition) is 5. The first kappa shape index (κ1) is 16.0. The molecule has 0 fully saturated rings. The van der Waals surface area contributed by atoms with E-state index in [-0.39, 0.29) is 23.3 Å². The molecule has 3 rings (SSSR count). The number of nitrogens with zero attached hydrogens (tertiary/aromatic N) is 1. The zero-order valence-electron chi connectivity index (χ0n) is 13.8. The zero-order chi connectivity index (χ0) is 17.6. The molecule has 24 heavy (non-hydrogen) atoms. The second kappa shape index (κ2) is 5.67. The van der Waals surface area contributed by atoms with Crippen molar-refractivity contribution in [2.45, 2.75) is 39.3 Å². The minimum atomic E-state index is -0.709. The molecule has 1 aromatic heterocycles. The molecule has 0 radical (unpaired) electrons. The van der Waals surface area contributed by atoms with Gasteiger partial charge >= 0.3 is 6.03 Å². The predicted molar refractivity (Wildman–Crippen MR) is 89.6 cm³/mol. The molecular formula is C17H21N3O4. The van der Waals surface area contributed by atoms with Crippen molar-refractivity contribution >= 4 is 11.7 Å². The van der Waals surface area contributed by atoms with Crippen LogP contribution in [0.25, 0.3) is 0 Å². The summed E-state index contributed by atoms with van der Waals surface area (Å²) < 4.78 is 1.62. The molecule has 7 heteroatoms. The van der Waals surface area contributed by atoms with Gasteiger partial charge < -0.3 is 30.5 Å². The van der Waals surface area contributed by atoms with Crippen molar-refractivity contribution in [1.29, 1.82) is 0 Å². The molecule has 0 saturated heterocycles. The molecule has 1 aromatic carbocycles. The van der Waals surface area contributed by atoms with Crippen molar-refractivity contribution < 1.29 is 20.1 Å². The standard InChI is InChI=1S/C17H21N3O4/c1-4-20-7-11-14(16(20)23)15(19-17(24)18-11)10-5-9(8(2)3)12(21)6-13(10)22/h5-8,15,21-23H,4H2,1-3H3,(H2,18,19,24). The maximum absolute atomic E-state index is 12.0. The molecule has 1 aliphatic heterocycles. The van der Waals surface area contributed by atoms with E-state index in [0.717, 1.165) is 0 Å². The van der Waals surface area contributed by atoms with Gasteiger partial charge in [-0.15, -0.1) is 0 Å². The summed E-state index contributed by atoms with van der Waals surface area (Å²) in [6.45, 7) is 6.27. The van der Waals surface area contributed by atoms with Crippen LogP contribution in [0.4, 0.5) is 10.5 Å².